The van der Waals surface area contributed by atoms with Crippen LogP contribution in [0.5, 0.6) is 0 Å². The Hall–Kier alpha value is -2.07. The lowest BCUT2D eigenvalue weighted by Crippen LogP contribution is -2.10. The van der Waals surface area contributed by atoms with E-state index in [0.29, 0.717) is 5.82 Å². The first-order valence-electron chi connectivity index (χ1n) is 6.08. The number of anilines is 2. The van der Waals surface area contributed by atoms with Crippen molar-refractivity contribution in [2.24, 2.45) is 5.84 Å². The van der Waals surface area contributed by atoms with Crippen LogP contribution in [0, 0.1) is 0 Å². The molecular weight excluding hydrogens is 224 g/mol. The molecule has 0 atom stereocenters. The van der Waals surface area contributed by atoms with Crippen LogP contribution in [0.25, 0.3) is 0 Å². The van der Waals surface area contributed by atoms with Crippen molar-refractivity contribution < 1.29 is 0 Å². The van der Waals surface area contributed by atoms with Gasteiger partial charge in [0.25, 0.3) is 0 Å². The van der Waals surface area contributed by atoms with Gasteiger partial charge in [0.05, 0.1) is 0 Å². The zero-order chi connectivity index (χ0) is 12.8. The van der Waals surface area contributed by atoms with Crippen molar-refractivity contribution in [3.05, 3.63) is 53.6 Å². The number of hydrogen-bond donors (Lipinski definition) is 3. The highest BCUT2D eigenvalue weighted by atomic mass is 15.3. The second-order valence-corrected chi connectivity index (χ2v) is 4.03. The van der Waals surface area contributed by atoms with E-state index in [1.165, 1.54) is 11.1 Å². The first-order chi connectivity index (χ1) is 8.83. The van der Waals surface area contributed by atoms with Crippen molar-refractivity contribution in [3.63, 3.8) is 0 Å². The summed E-state index contributed by atoms with van der Waals surface area (Å²) in [5, 5.41) is 3.30. The summed E-state index contributed by atoms with van der Waals surface area (Å²) >= 11 is 0. The zero-order valence-corrected chi connectivity index (χ0v) is 10.5. The molecule has 94 valence electrons. The van der Waals surface area contributed by atoms with Crippen LogP contribution >= 0.6 is 0 Å². The van der Waals surface area contributed by atoms with E-state index in [1.807, 2.05) is 18.2 Å². The van der Waals surface area contributed by atoms with E-state index in [1.54, 1.807) is 0 Å². The van der Waals surface area contributed by atoms with Crippen molar-refractivity contribution in [1.82, 2.24) is 4.98 Å². The van der Waals surface area contributed by atoms with E-state index in [9.17, 15) is 0 Å². The number of rotatable bonds is 5. The monoisotopic (exact) mass is 242 g/mol. The first kappa shape index (κ1) is 12.4. The Bertz CT molecular complexity index is 511. The Morgan fingerprint density at radius 3 is 2.44 bits per heavy atom. The van der Waals surface area contributed by atoms with E-state index >= 15 is 0 Å². The normalized spacial score (nSPS) is 10.1. The van der Waals surface area contributed by atoms with Gasteiger partial charge in [-0.05, 0) is 29.7 Å². The second-order valence-electron chi connectivity index (χ2n) is 4.03. The van der Waals surface area contributed by atoms with Crippen molar-refractivity contribution in [1.29, 1.82) is 0 Å². The number of nitrogens with zero attached hydrogens (tertiary/aromatic N) is 1. The Balaban J connectivity index is 2.06. The van der Waals surface area contributed by atoms with Gasteiger partial charge in [-0.25, -0.2) is 10.8 Å². The molecule has 2 aromatic rings. The average Bonchev–Trinajstić information content (AvgIpc) is 2.45. The Kier molecular flexibility index (Phi) is 4.15. The molecule has 1 heterocycles. The number of nitrogen functional groups attached to an aromatic ring is 1. The molecule has 4 heteroatoms. The van der Waals surface area contributed by atoms with E-state index < -0.39 is 0 Å². The number of hydrogen-bond acceptors (Lipinski definition) is 4. The summed E-state index contributed by atoms with van der Waals surface area (Å²) in [5.41, 5.74) is 5.20. The molecule has 2 rings (SSSR count). The molecule has 0 unspecified atom stereocenters. The van der Waals surface area contributed by atoms with Gasteiger partial charge in [-0.2, -0.15) is 0 Å². The van der Waals surface area contributed by atoms with Gasteiger partial charge in [0.2, 0.25) is 0 Å². The Morgan fingerprint density at radius 2 is 1.72 bits per heavy atom. The number of aromatic nitrogens is 1. The van der Waals surface area contributed by atoms with E-state index in [0.717, 1.165) is 18.8 Å². The molecule has 0 saturated carbocycles. The molecule has 0 aliphatic rings. The van der Waals surface area contributed by atoms with Crippen LogP contribution in [-0.2, 0) is 13.0 Å². The number of hydrazine groups is 1. The summed E-state index contributed by atoms with van der Waals surface area (Å²) in [4.78, 5) is 4.31. The van der Waals surface area contributed by atoms with Crippen LogP contribution in [0.1, 0.15) is 18.1 Å². The van der Waals surface area contributed by atoms with Gasteiger partial charge in [-0.15, -0.1) is 0 Å². The van der Waals surface area contributed by atoms with Crippen molar-refractivity contribution in [2.45, 2.75) is 19.9 Å². The molecule has 18 heavy (non-hydrogen) atoms. The molecule has 0 bridgehead atoms. The first-order valence-corrected chi connectivity index (χ1v) is 6.08. The summed E-state index contributed by atoms with van der Waals surface area (Å²) in [6.45, 7) is 2.93. The quantitative estimate of drug-likeness (QED) is 0.557. The van der Waals surface area contributed by atoms with Crippen LogP contribution in [0.4, 0.5) is 11.6 Å². The standard InChI is InChI=1S/C14H18N4/c1-2-11-6-3-4-7-12(11)10-16-13-8-5-9-14(17-13)18-15/h3-9H,2,10,15H2,1H3,(H2,16,17,18). The molecule has 4 nitrogen and oxygen atoms in total. The highest BCUT2D eigenvalue weighted by Gasteiger charge is 2.00. The average molecular weight is 242 g/mol. The SMILES string of the molecule is CCc1ccccc1CNc1cccc(NN)n1. The topological polar surface area (TPSA) is 63.0 Å². The van der Waals surface area contributed by atoms with Crippen LogP contribution in [0.15, 0.2) is 42.5 Å². The Labute approximate surface area is 107 Å². The molecule has 0 spiro atoms. The maximum Gasteiger partial charge on any atom is 0.142 e. The van der Waals surface area contributed by atoms with Gasteiger partial charge < -0.3 is 10.7 Å². The van der Waals surface area contributed by atoms with Gasteiger partial charge in [0, 0.05) is 6.54 Å². The van der Waals surface area contributed by atoms with Crippen LogP contribution in [0.3, 0.4) is 0 Å². The molecule has 0 saturated heterocycles. The van der Waals surface area contributed by atoms with Crippen LogP contribution in [-0.4, -0.2) is 4.98 Å². The van der Waals surface area contributed by atoms with Crippen molar-refractivity contribution in [2.75, 3.05) is 10.7 Å². The fraction of sp³-hybridized carbons (Fsp3) is 0.214. The fourth-order valence-electron chi connectivity index (χ4n) is 1.87. The van der Waals surface area contributed by atoms with Gasteiger partial charge in [-0.1, -0.05) is 37.3 Å². The van der Waals surface area contributed by atoms with Crippen LogP contribution < -0.4 is 16.6 Å². The molecule has 0 fully saturated rings. The number of nitrogens with one attached hydrogen (secondary N) is 2. The number of aryl methyl sites for hydroxylation is 1. The second kappa shape index (κ2) is 6.02. The lowest BCUT2D eigenvalue weighted by atomic mass is 10.1. The minimum absolute atomic E-state index is 0.656. The third-order valence-corrected chi connectivity index (χ3v) is 2.86. The summed E-state index contributed by atoms with van der Waals surface area (Å²) in [5.74, 6) is 6.80. The molecule has 1 aromatic carbocycles. The van der Waals surface area contributed by atoms with Gasteiger partial charge >= 0.3 is 0 Å². The summed E-state index contributed by atoms with van der Waals surface area (Å²) in [7, 11) is 0. The minimum Gasteiger partial charge on any atom is -0.366 e. The maximum atomic E-state index is 5.33. The lowest BCUT2D eigenvalue weighted by molar-refractivity contribution is 1.03. The van der Waals surface area contributed by atoms with Crippen LogP contribution in [0.2, 0.25) is 0 Å². The van der Waals surface area contributed by atoms with E-state index in [-0.39, 0.29) is 0 Å². The van der Waals surface area contributed by atoms with Gasteiger partial charge in [0.15, 0.2) is 0 Å². The third-order valence-electron chi connectivity index (χ3n) is 2.86. The molecule has 0 aliphatic carbocycles. The number of pyridine rings is 1. The molecule has 4 N–H and O–H groups in total. The van der Waals surface area contributed by atoms with Gasteiger partial charge in [0.1, 0.15) is 11.6 Å². The van der Waals surface area contributed by atoms with Crippen molar-refractivity contribution in [3.8, 4) is 0 Å². The predicted octanol–water partition coefficient (Wildman–Crippen LogP) is 2.54. The zero-order valence-electron chi connectivity index (χ0n) is 10.5. The fourth-order valence-corrected chi connectivity index (χ4v) is 1.87. The molecule has 0 amide bonds. The number of benzene rings is 1. The summed E-state index contributed by atoms with van der Waals surface area (Å²) in [6, 6.07) is 14.1. The van der Waals surface area contributed by atoms with Crippen molar-refractivity contribution >= 4 is 11.6 Å². The van der Waals surface area contributed by atoms with Gasteiger partial charge in [-0.3, -0.25) is 0 Å². The summed E-state index contributed by atoms with van der Waals surface area (Å²) < 4.78 is 0. The summed E-state index contributed by atoms with van der Waals surface area (Å²) in [6.07, 6.45) is 1.04. The Morgan fingerprint density at radius 1 is 1.00 bits per heavy atom. The number of nitrogens with two attached hydrogens (primary N) is 1. The highest BCUT2D eigenvalue weighted by molar-refractivity contribution is 5.45. The molecule has 1 aromatic heterocycles. The van der Waals surface area contributed by atoms with E-state index in [2.05, 4.69) is 46.9 Å². The highest BCUT2D eigenvalue weighted by Crippen LogP contribution is 2.13. The minimum atomic E-state index is 0.656. The van der Waals surface area contributed by atoms with E-state index in [4.69, 9.17) is 5.84 Å². The smallest absolute Gasteiger partial charge is 0.142 e. The third kappa shape index (κ3) is 2.99. The predicted molar refractivity (Wildman–Crippen MR) is 75.2 cm³/mol. The largest absolute Gasteiger partial charge is 0.366 e. The molecular formula is C14H18N4. The maximum absolute atomic E-state index is 5.33. The molecule has 0 radical (unpaired) electrons. The lowest BCUT2D eigenvalue weighted by Gasteiger charge is -2.10. The molecule has 0 aliphatic heterocycles.